The number of carbonyl (C=O) groups excluding carboxylic acids is 1. The Labute approximate surface area is 176 Å². The lowest BCUT2D eigenvalue weighted by Gasteiger charge is -2.10. The van der Waals surface area contributed by atoms with Gasteiger partial charge >= 0.3 is 0 Å². The van der Waals surface area contributed by atoms with Gasteiger partial charge in [-0.3, -0.25) is 9.20 Å². The van der Waals surface area contributed by atoms with Crippen molar-refractivity contribution < 1.29 is 9.53 Å². The number of aromatic nitrogens is 4. The molecule has 0 saturated heterocycles. The molecule has 0 saturated carbocycles. The first-order valence-corrected chi connectivity index (χ1v) is 10.4. The van der Waals surface area contributed by atoms with Crippen LogP contribution in [0.2, 0.25) is 0 Å². The van der Waals surface area contributed by atoms with Gasteiger partial charge in [-0.2, -0.15) is 0 Å². The molecule has 5 rings (SSSR count). The minimum absolute atomic E-state index is 0.154. The Hall–Kier alpha value is -3.78. The normalized spacial score (nSPS) is 11.1. The number of hydrogen-bond donors (Lipinski definition) is 1. The summed E-state index contributed by atoms with van der Waals surface area (Å²) in [5.74, 6) is 1.59. The molecule has 1 amide bonds. The minimum atomic E-state index is -0.154. The first kappa shape index (κ1) is 18.3. The highest BCUT2D eigenvalue weighted by Crippen LogP contribution is 2.29. The summed E-state index contributed by atoms with van der Waals surface area (Å²) in [5.41, 5.74) is 2.91. The summed E-state index contributed by atoms with van der Waals surface area (Å²) in [7, 11) is 0. The summed E-state index contributed by atoms with van der Waals surface area (Å²) in [5, 5.41) is 13.3. The van der Waals surface area contributed by atoms with Crippen LogP contribution in [0.1, 0.15) is 22.4 Å². The predicted molar refractivity (Wildman–Crippen MR) is 116 cm³/mol. The number of amides is 1. The van der Waals surface area contributed by atoms with Crippen LogP contribution in [0.5, 0.6) is 11.6 Å². The first-order chi connectivity index (χ1) is 14.7. The van der Waals surface area contributed by atoms with Gasteiger partial charge in [0.2, 0.25) is 5.65 Å². The van der Waals surface area contributed by atoms with Gasteiger partial charge in [0.15, 0.2) is 0 Å². The highest BCUT2D eigenvalue weighted by molar-refractivity contribution is 7.12. The minimum Gasteiger partial charge on any atom is -0.436 e. The molecule has 30 heavy (non-hydrogen) atoms. The van der Waals surface area contributed by atoms with Crippen LogP contribution in [0.15, 0.2) is 66.0 Å². The molecule has 2 aromatic carbocycles. The topological polar surface area (TPSA) is 81.4 Å². The molecule has 0 fully saturated rings. The Bertz CT molecular complexity index is 1360. The van der Waals surface area contributed by atoms with Gasteiger partial charge in [0, 0.05) is 18.2 Å². The van der Waals surface area contributed by atoms with Crippen molar-refractivity contribution in [2.75, 3.05) is 5.32 Å². The van der Waals surface area contributed by atoms with Gasteiger partial charge in [0.1, 0.15) is 11.6 Å². The molecule has 0 aliphatic rings. The van der Waals surface area contributed by atoms with E-state index < -0.39 is 0 Å². The van der Waals surface area contributed by atoms with E-state index in [-0.39, 0.29) is 5.91 Å². The predicted octanol–water partition coefficient (Wildman–Crippen LogP) is 4.95. The number of fused-ring (bicyclic) bond motifs is 3. The Morgan fingerprint density at radius 2 is 2.00 bits per heavy atom. The number of nitrogens with zero attached hydrogens (tertiary/aromatic N) is 4. The fourth-order valence-electron chi connectivity index (χ4n) is 3.26. The third-order valence-corrected chi connectivity index (χ3v) is 5.50. The zero-order valence-electron chi connectivity index (χ0n) is 16.1. The van der Waals surface area contributed by atoms with Crippen molar-refractivity contribution in [1.29, 1.82) is 0 Å². The van der Waals surface area contributed by atoms with E-state index in [2.05, 4.69) is 20.5 Å². The van der Waals surface area contributed by atoms with Crippen LogP contribution < -0.4 is 10.1 Å². The summed E-state index contributed by atoms with van der Waals surface area (Å²) in [6, 6.07) is 18.6. The lowest BCUT2D eigenvalue weighted by atomic mass is 10.3. The first-order valence-electron chi connectivity index (χ1n) is 9.48. The number of thiophene rings is 1. The second kappa shape index (κ2) is 7.57. The van der Waals surface area contributed by atoms with Crippen LogP contribution in [0.25, 0.3) is 16.7 Å². The van der Waals surface area contributed by atoms with Crippen molar-refractivity contribution in [3.63, 3.8) is 0 Å². The number of hydrogen-bond acceptors (Lipinski definition) is 6. The van der Waals surface area contributed by atoms with Gasteiger partial charge in [-0.1, -0.05) is 31.2 Å². The van der Waals surface area contributed by atoms with Gasteiger partial charge in [-0.15, -0.1) is 21.5 Å². The highest BCUT2D eigenvalue weighted by atomic mass is 32.1. The average Bonchev–Trinajstić information content (AvgIpc) is 3.44. The van der Waals surface area contributed by atoms with Crippen molar-refractivity contribution in [2.24, 2.45) is 0 Å². The molecule has 0 aliphatic carbocycles. The molecule has 5 aromatic rings. The molecule has 0 unspecified atom stereocenters. The van der Waals surface area contributed by atoms with Crippen LogP contribution in [0, 0.1) is 0 Å². The quantitative estimate of drug-likeness (QED) is 0.439. The zero-order valence-corrected chi connectivity index (χ0v) is 16.9. The summed E-state index contributed by atoms with van der Waals surface area (Å²) in [6.45, 7) is 2.03. The molecule has 0 bridgehead atoms. The number of aryl methyl sites for hydroxylation is 1. The van der Waals surface area contributed by atoms with E-state index in [1.165, 1.54) is 11.3 Å². The van der Waals surface area contributed by atoms with Crippen molar-refractivity contribution in [1.82, 2.24) is 19.6 Å². The van der Waals surface area contributed by atoms with Gasteiger partial charge < -0.3 is 10.1 Å². The number of benzene rings is 2. The Kier molecular flexibility index (Phi) is 4.61. The lowest BCUT2D eigenvalue weighted by molar-refractivity contribution is 0.103. The van der Waals surface area contributed by atoms with Crippen LogP contribution >= 0.6 is 11.3 Å². The molecule has 148 valence electrons. The standard InChI is InChI=1S/C22H17N5O2S/c1-2-19-25-26-20-22(24-16-9-3-4-10-17(16)27(19)20)29-15-8-5-7-14(13-15)23-21(28)18-11-6-12-30-18/h3-13H,2H2,1H3,(H,23,28). The molecule has 0 aliphatic heterocycles. The maximum absolute atomic E-state index is 12.3. The average molecular weight is 415 g/mol. The second-order valence-corrected chi connectivity index (χ2v) is 7.54. The largest absolute Gasteiger partial charge is 0.436 e. The van der Waals surface area contributed by atoms with Gasteiger partial charge in [0.05, 0.1) is 15.9 Å². The Morgan fingerprint density at radius 1 is 1.10 bits per heavy atom. The van der Waals surface area contributed by atoms with E-state index in [1.54, 1.807) is 12.1 Å². The summed E-state index contributed by atoms with van der Waals surface area (Å²) in [4.78, 5) is 17.6. The Morgan fingerprint density at radius 3 is 2.83 bits per heavy atom. The summed E-state index contributed by atoms with van der Waals surface area (Å²) >= 11 is 1.39. The third-order valence-electron chi connectivity index (χ3n) is 4.63. The summed E-state index contributed by atoms with van der Waals surface area (Å²) in [6.07, 6.45) is 0.735. The molecule has 3 aromatic heterocycles. The number of para-hydroxylation sites is 2. The molecule has 0 atom stereocenters. The zero-order chi connectivity index (χ0) is 20.5. The molecule has 0 radical (unpaired) electrons. The second-order valence-electron chi connectivity index (χ2n) is 6.60. The van der Waals surface area contributed by atoms with E-state index in [0.717, 1.165) is 23.3 Å². The van der Waals surface area contributed by atoms with Crippen molar-refractivity contribution in [3.8, 4) is 11.6 Å². The van der Waals surface area contributed by atoms with Crippen molar-refractivity contribution in [3.05, 3.63) is 76.7 Å². The number of ether oxygens (including phenoxy) is 1. The molecular weight excluding hydrogens is 398 g/mol. The SMILES string of the molecule is CCc1nnc2c(Oc3cccc(NC(=O)c4cccs4)c3)nc3ccccc3n12. The van der Waals surface area contributed by atoms with E-state index in [1.807, 2.05) is 65.2 Å². The highest BCUT2D eigenvalue weighted by Gasteiger charge is 2.16. The fraction of sp³-hybridized carbons (Fsp3) is 0.0909. The van der Waals surface area contributed by atoms with E-state index in [4.69, 9.17) is 4.74 Å². The van der Waals surface area contributed by atoms with E-state index in [0.29, 0.717) is 27.8 Å². The molecule has 3 heterocycles. The van der Waals surface area contributed by atoms with Gasteiger partial charge in [-0.25, -0.2) is 4.98 Å². The van der Waals surface area contributed by atoms with Crippen molar-refractivity contribution in [2.45, 2.75) is 13.3 Å². The van der Waals surface area contributed by atoms with Crippen LogP contribution in [-0.2, 0) is 6.42 Å². The third kappa shape index (κ3) is 3.27. The molecule has 1 N–H and O–H groups in total. The monoisotopic (exact) mass is 415 g/mol. The van der Waals surface area contributed by atoms with E-state index >= 15 is 0 Å². The maximum Gasteiger partial charge on any atom is 0.266 e. The maximum atomic E-state index is 12.3. The number of carbonyl (C=O) groups is 1. The smallest absolute Gasteiger partial charge is 0.266 e. The van der Waals surface area contributed by atoms with Crippen LogP contribution in [-0.4, -0.2) is 25.5 Å². The number of rotatable bonds is 5. The number of anilines is 1. The van der Waals surface area contributed by atoms with Crippen LogP contribution in [0.4, 0.5) is 5.69 Å². The van der Waals surface area contributed by atoms with Gasteiger partial charge in [-0.05, 0) is 35.7 Å². The Balaban J connectivity index is 1.51. The molecule has 8 heteroatoms. The van der Waals surface area contributed by atoms with Crippen LogP contribution in [0.3, 0.4) is 0 Å². The van der Waals surface area contributed by atoms with Crippen molar-refractivity contribution >= 4 is 39.6 Å². The number of nitrogens with one attached hydrogen (secondary N) is 1. The fourth-order valence-corrected chi connectivity index (χ4v) is 3.88. The molecular formula is C22H17N5O2S. The lowest BCUT2D eigenvalue weighted by Crippen LogP contribution is -2.09. The van der Waals surface area contributed by atoms with Gasteiger partial charge in [0.25, 0.3) is 11.8 Å². The van der Waals surface area contributed by atoms with E-state index in [9.17, 15) is 4.79 Å². The summed E-state index contributed by atoms with van der Waals surface area (Å²) < 4.78 is 8.06. The molecule has 0 spiro atoms. The molecule has 7 nitrogen and oxygen atoms in total.